The van der Waals surface area contributed by atoms with Crippen molar-refractivity contribution >= 4 is 5.91 Å². The number of fused-ring (bicyclic) bond motifs is 1. The van der Waals surface area contributed by atoms with Crippen LogP contribution in [0.4, 0.5) is 4.39 Å². The highest BCUT2D eigenvalue weighted by molar-refractivity contribution is 5.94. The molecule has 1 aromatic heterocycles. The van der Waals surface area contributed by atoms with Gasteiger partial charge in [-0.1, -0.05) is 37.8 Å². The molecule has 166 valence electrons. The lowest BCUT2D eigenvalue weighted by atomic mass is 9.89. The molecule has 3 aliphatic carbocycles. The van der Waals surface area contributed by atoms with E-state index in [1.54, 1.807) is 12.1 Å². The molecule has 1 aromatic carbocycles. The van der Waals surface area contributed by atoms with Gasteiger partial charge in [0.05, 0.1) is 6.04 Å². The monoisotopic (exact) mass is 423 g/mol. The minimum absolute atomic E-state index is 0.0157. The Hall–Kier alpha value is -2.17. The number of benzene rings is 1. The summed E-state index contributed by atoms with van der Waals surface area (Å²) in [6, 6.07) is 7.71. The molecule has 5 heteroatoms. The highest BCUT2D eigenvalue weighted by atomic mass is 19.1. The van der Waals surface area contributed by atoms with E-state index in [4.69, 9.17) is 5.10 Å². The lowest BCUT2D eigenvalue weighted by Crippen LogP contribution is -2.40. The molecule has 0 saturated heterocycles. The zero-order valence-electron chi connectivity index (χ0n) is 18.4. The third-order valence-electron chi connectivity index (χ3n) is 7.61. The van der Waals surface area contributed by atoms with E-state index in [0.717, 1.165) is 63.4 Å². The van der Waals surface area contributed by atoms with Crippen LogP contribution < -0.4 is 5.32 Å². The highest BCUT2D eigenvalue weighted by Crippen LogP contribution is 2.39. The van der Waals surface area contributed by atoms with E-state index in [0.29, 0.717) is 23.7 Å². The summed E-state index contributed by atoms with van der Waals surface area (Å²) in [7, 11) is 0. The van der Waals surface area contributed by atoms with Crippen molar-refractivity contribution in [3.05, 3.63) is 52.6 Å². The molecule has 31 heavy (non-hydrogen) atoms. The van der Waals surface area contributed by atoms with Gasteiger partial charge in [0, 0.05) is 23.2 Å². The number of carbonyl (C=O) groups is 1. The summed E-state index contributed by atoms with van der Waals surface area (Å²) >= 11 is 0. The zero-order chi connectivity index (χ0) is 21.2. The van der Waals surface area contributed by atoms with E-state index in [1.807, 2.05) is 6.07 Å². The minimum atomic E-state index is -0.173. The minimum Gasteiger partial charge on any atom is -0.348 e. The number of hydrogen-bond acceptors (Lipinski definition) is 2. The second-order valence-corrected chi connectivity index (χ2v) is 9.83. The van der Waals surface area contributed by atoms with Gasteiger partial charge in [0.25, 0.3) is 5.91 Å². The number of aromatic nitrogens is 2. The number of rotatable bonds is 5. The summed E-state index contributed by atoms with van der Waals surface area (Å²) in [5.41, 5.74) is 4.14. The smallest absolute Gasteiger partial charge is 0.272 e. The molecule has 1 heterocycles. The molecular formula is C26H34FN3O. The fourth-order valence-electron chi connectivity index (χ4n) is 5.73. The standard InChI is InChI=1S/C26H34FN3O/c27-20-10-6-8-18(17-20)16-19-9-4-5-15-23-24(26(31)28-21-11-7-12-21)29-30(25(19)23)22-13-2-1-3-14-22/h6,8,10,17,19,21-22H,1-5,7,9,11-16H2,(H,28,31). The first kappa shape index (κ1) is 20.7. The van der Waals surface area contributed by atoms with Crippen LogP contribution in [0.2, 0.25) is 0 Å². The maximum Gasteiger partial charge on any atom is 0.272 e. The number of amides is 1. The normalized spacial score (nSPS) is 22.4. The Morgan fingerprint density at radius 2 is 1.84 bits per heavy atom. The Bertz CT molecular complexity index is 927. The first-order valence-electron chi connectivity index (χ1n) is 12.4. The van der Waals surface area contributed by atoms with Crippen LogP contribution in [0.15, 0.2) is 24.3 Å². The predicted octanol–water partition coefficient (Wildman–Crippen LogP) is 5.86. The van der Waals surface area contributed by atoms with Crippen LogP contribution in [0.3, 0.4) is 0 Å². The Morgan fingerprint density at radius 3 is 2.58 bits per heavy atom. The van der Waals surface area contributed by atoms with E-state index >= 15 is 0 Å². The Kier molecular flexibility index (Phi) is 6.10. The van der Waals surface area contributed by atoms with Crippen molar-refractivity contribution in [3.63, 3.8) is 0 Å². The molecule has 2 fully saturated rings. The van der Waals surface area contributed by atoms with Gasteiger partial charge in [0.2, 0.25) is 0 Å². The van der Waals surface area contributed by atoms with Crippen LogP contribution in [-0.2, 0) is 12.8 Å². The van der Waals surface area contributed by atoms with Crippen LogP contribution in [0.1, 0.15) is 110 Å². The van der Waals surface area contributed by atoms with Gasteiger partial charge in [0.1, 0.15) is 5.82 Å². The molecule has 0 radical (unpaired) electrons. The van der Waals surface area contributed by atoms with E-state index in [9.17, 15) is 9.18 Å². The zero-order valence-corrected chi connectivity index (χ0v) is 18.4. The van der Waals surface area contributed by atoms with Crippen molar-refractivity contribution in [2.45, 2.75) is 101 Å². The highest BCUT2D eigenvalue weighted by Gasteiger charge is 2.33. The van der Waals surface area contributed by atoms with Crippen molar-refractivity contribution < 1.29 is 9.18 Å². The quantitative estimate of drug-likeness (QED) is 0.612. The van der Waals surface area contributed by atoms with Gasteiger partial charge in [-0.2, -0.15) is 5.10 Å². The average Bonchev–Trinajstić information content (AvgIpc) is 3.01. The van der Waals surface area contributed by atoms with Crippen molar-refractivity contribution in [1.82, 2.24) is 15.1 Å². The molecule has 5 rings (SSSR count). The first-order valence-corrected chi connectivity index (χ1v) is 12.4. The molecule has 3 aliphatic rings. The molecule has 1 N–H and O–H groups in total. The summed E-state index contributed by atoms with van der Waals surface area (Å²) in [5.74, 6) is 0.133. The molecule has 0 bridgehead atoms. The van der Waals surface area contributed by atoms with Crippen LogP contribution in [0.25, 0.3) is 0 Å². The molecule has 1 atom stereocenters. The summed E-state index contributed by atoms with van der Waals surface area (Å²) < 4.78 is 16.1. The average molecular weight is 424 g/mol. The van der Waals surface area contributed by atoms with Gasteiger partial charge in [-0.05, 0) is 75.5 Å². The SMILES string of the molecule is O=C(NC1CCC1)c1nn(C2CCCCC2)c2c1CCCCC2Cc1cccc(F)c1. The molecule has 0 spiro atoms. The largest absolute Gasteiger partial charge is 0.348 e. The fourth-order valence-corrected chi connectivity index (χ4v) is 5.73. The lowest BCUT2D eigenvalue weighted by molar-refractivity contribution is 0.0909. The molecule has 4 nitrogen and oxygen atoms in total. The van der Waals surface area contributed by atoms with Crippen LogP contribution in [-0.4, -0.2) is 21.7 Å². The molecule has 1 amide bonds. The van der Waals surface area contributed by atoms with E-state index in [2.05, 4.69) is 10.00 Å². The molecular weight excluding hydrogens is 389 g/mol. The molecule has 2 saturated carbocycles. The van der Waals surface area contributed by atoms with Crippen molar-refractivity contribution in [2.24, 2.45) is 0 Å². The maximum atomic E-state index is 13.9. The second kappa shape index (κ2) is 9.13. The second-order valence-electron chi connectivity index (χ2n) is 9.83. The predicted molar refractivity (Wildman–Crippen MR) is 120 cm³/mol. The summed E-state index contributed by atoms with van der Waals surface area (Å²) in [6.45, 7) is 0. The van der Waals surface area contributed by atoms with Gasteiger partial charge >= 0.3 is 0 Å². The first-order chi connectivity index (χ1) is 15.2. The third kappa shape index (κ3) is 4.42. The van der Waals surface area contributed by atoms with Gasteiger partial charge in [0.15, 0.2) is 5.69 Å². The van der Waals surface area contributed by atoms with Crippen LogP contribution >= 0.6 is 0 Å². The lowest BCUT2D eigenvalue weighted by Gasteiger charge is -2.27. The summed E-state index contributed by atoms with van der Waals surface area (Å²) in [5, 5.41) is 8.24. The number of halogens is 1. The van der Waals surface area contributed by atoms with Crippen molar-refractivity contribution in [3.8, 4) is 0 Å². The van der Waals surface area contributed by atoms with Gasteiger partial charge in [-0.3, -0.25) is 9.48 Å². The van der Waals surface area contributed by atoms with Crippen molar-refractivity contribution in [1.29, 1.82) is 0 Å². The Labute approximate surface area is 184 Å². The summed E-state index contributed by atoms with van der Waals surface area (Å²) in [6.07, 6.45) is 14.5. The summed E-state index contributed by atoms with van der Waals surface area (Å²) in [4.78, 5) is 13.2. The van der Waals surface area contributed by atoms with Gasteiger partial charge in [-0.25, -0.2) is 4.39 Å². The third-order valence-corrected chi connectivity index (χ3v) is 7.61. The molecule has 0 aliphatic heterocycles. The molecule has 2 aromatic rings. The maximum absolute atomic E-state index is 13.9. The number of carbonyl (C=O) groups excluding carboxylic acids is 1. The number of nitrogens with zero attached hydrogens (tertiary/aromatic N) is 2. The van der Waals surface area contributed by atoms with E-state index in [1.165, 1.54) is 43.0 Å². The van der Waals surface area contributed by atoms with Gasteiger partial charge < -0.3 is 5.32 Å². The Balaban J connectivity index is 1.52. The Morgan fingerprint density at radius 1 is 1.03 bits per heavy atom. The van der Waals surface area contributed by atoms with Crippen LogP contribution in [0, 0.1) is 5.82 Å². The van der Waals surface area contributed by atoms with E-state index < -0.39 is 0 Å². The van der Waals surface area contributed by atoms with E-state index in [-0.39, 0.29) is 11.7 Å². The van der Waals surface area contributed by atoms with Gasteiger partial charge in [-0.15, -0.1) is 0 Å². The van der Waals surface area contributed by atoms with Crippen molar-refractivity contribution in [2.75, 3.05) is 0 Å². The van der Waals surface area contributed by atoms with Crippen LogP contribution in [0.5, 0.6) is 0 Å². The molecule has 1 unspecified atom stereocenters. The number of nitrogens with one attached hydrogen (secondary N) is 1. The fraction of sp³-hybridized carbons (Fsp3) is 0.615. The topological polar surface area (TPSA) is 46.9 Å². The number of hydrogen-bond donors (Lipinski definition) is 1.